The molecule has 0 spiro atoms. The van der Waals surface area contributed by atoms with E-state index in [4.69, 9.17) is 0 Å². The number of amides is 1. The maximum Gasteiger partial charge on any atom is 0.274 e. The van der Waals surface area contributed by atoms with E-state index in [1.165, 1.54) is 5.39 Å². The normalized spacial score (nSPS) is 14.4. The zero-order valence-electron chi connectivity index (χ0n) is 14.7. The molecule has 0 saturated heterocycles. The van der Waals surface area contributed by atoms with Crippen LogP contribution in [-0.2, 0) is 13.0 Å². The van der Waals surface area contributed by atoms with E-state index in [0.717, 1.165) is 36.0 Å². The van der Waals surface area contributed by atoms with Crippen molar-refractivity contribution in [2.45, 2.75) is 45.7 Å². The van der Waals surface area contributed by atoms with Gasteiger partial charge in [-0.15, -0.1) is 0 Å². The molecule has 130 valence electrons. The number of hydrogen-bond acceptors (Lipinski definition) is 2. The fourth-order valence-corrected chi connectivity index (χ4v) is 3.31. The van der Waals surface area contributed by atoms with Crippen molar-refractivity contribution in [3.05, 3.63) is 53.5 Å². The summed E-state index contributed by atoms with van der Waals surface area (Å²) in [5, 5.41) is 8.46. The molecule has 1 amide bonds. The number of benzene rings is 1. The molecule has 4 rings (SSSR count). The number of nitrogens with one attached hydrogen (secondary N) is 2. The minimum atomic E-state index is 0.0305. The Morgan fingerprint density at radius 3 is 2.88 bits per heavy atom. The van der Waals surface area contributed by atoms with Crippen molar-refractivity contribution in [2.24, 2.45) is 5.92 Å². The monoisotopic (exact) mass is 336 g/mol. The molecule has 0 radical (unpaired) electrons. The molecule has 0 atom stereocenters. The van der Waals surface area contributed by atoms with E-state index in [2.05, 4.69) is 53.3 Å². The highest BCUT2D eigenvalue weighted by atomic mass is 16.2. The zero-order chi connectivity index (χ0) is 17.4. The van der Waals surface area contributed by atoms with E-state index >= 15 is 0 Å². The Balaban J connectivity index is 1.54. The van der Waals surface area contributed by atoms with Crippen LogP contribution in [0.25, 0.3) is 10.9 Å². The Morgan fingerprint density at radius 1 is 1.28 bits per heavy atom. The molecule has 3 aromatic rings. The second-order valence-electron chi connectivity index (χ2n) is 7.44. The highest BCUT2D eigenvalue weighted by Crippen LogP contribution is 2.30. The average molecular weight is 336 g/mol. The summed E-state index contributed by atoms with van der Waals surface area (Å²) in [7, 11) is 0. The summed E-state index contributed by atoms with van der Waals surface area (Å²) >= 11 is 0. The fourth-order valence-electron chi connectivity index (χ4n) is 3.31. The number of carbonyl (C=O) groups excluding carboxylic acids is 1. The van der Waals surface area contributed by atoms with Crippen molar-refractivity contribution in [1.29, 1.82) is 0 Å². The molecule has 5 nitrogen and oxygen atoms in total. The van der Waals surface area contributed by atoms with Crippen molar-refractivity contribution >= 4 is 16.8 Å². The minimum absolute atomic E-state index is 0.0305. The van der Waals surface area contributed by atoms with Gasteiger partial charge < -0.3 is 9.88 Å². The van der Waals surface area contributed by atoms with Gasteiger partial charge in [0.1, 0.15) is 5.69 Å². The van der Waals surface area contributed by atoms with Crippen LogP contribution in [0.2, 0.25) is 0 Å². The van der Waals surface area contributed by atoms with E-state index in [-0.39, 0.29) is 5.91 Å². The lowest BCUT2D eigenvalue weighted by molar-refractivity contribution is 0.0724. The summed E-state index contributed by atoms with van der Waals surface area (Å²) in [6.45, 7) is 4.96. The van der Waals surface area contributed by atoms with E-state index in [1.54, 1.807) is 0 Å². The van der Waals surface area contributed by atoms with Gasteiger partial charge in [0.15, 0.2) is 0 Å². The summed E-state index contributed by atoms with van der Waals surface area (Å²) in [5.41, 5.74) is 3.84. The summed E-state index contributed by atoms with van der Waals surface area (Å²) < 4.78 is 0. The predicted molar refractivity (Wildman–Crippen MR) is 98.3 cm³/mol. The number of nitrogens with zero attached hydrogens (tertiary/aromatic N) is 2. The van der Waals surface area contributed by atoms with Gasteiger partial charge in [-0.2, -0.15) is 5.10 Å². The standard InChI is InChI=1S/C20H24N4O/c1-13(2)9-16-11-19(23-22-16)20(25)24(17-4-5-17)12-14-3-6-18-15(10-14)7-8-21-18/h3,6-8,10-11,13,17,21H,4-5,9,12H2,1-2H3,(H,22,23). The Hall–Kier alpha value is -2.56. The fraction of sp³-hybridized carbons (Fsp3) is 0.400. The molecule has 1 aromatic carbocycles. The van der Waals surface area contributed by atoms with Crippen molar-refractivity contribution < 1.29 is 4.79 Å². The third-order valence-corrected chi connectivity index (χ3v) is 4.70. The molecule has 0 unspecified atom stereocenters. The smallest absolute Gasteiger partial charge is 0.274 e. The topological polar surface area (TPSA) is 64.8 Å². The SMILES string of the molecule is CC(C)Cc1cc(C(=O)N(Cc2ccc3[nH]ccc3c2)C2CC2)n[nH]1. The maximum absolute atomic E-state index is 13.0. The molecule has 1 aliphatic carbocycles. The Kier molecular flexibility index (Phi) is 4.07. The number of H-pyrrole nitrogens is 2. The van der Waals surface area contributed by atoms with Crippen molar-refractivity contribution in [3.8, 4) is 0 Å². The highest BCUT2D eigenvalue weighted by molar-refractivity contribution is 5.93. The largest absolute Gasteiger partial charge is 0.361 e. The van der Waals surface area contributed by atoms with E-state index in [1.807, 2.05) is 17.2 Å². The number of fused-ring (bicyclic) bond motifs is 1. The zero-order valence-corrected chi connectivity index (χ0v) is 14.7. The highest BCUT2D eigenvalue weighted by Gasteiger charge is 2.34. The van der Waals surface area contributed by atoms with Gasteiger partial charge in [0, 0.05) is 30.0 Å². The molecule has 1 saturated carbocycles. The third kappa shape index (κ3) is 3.45. The summed E-state index contributed by atoms with van der Waals surface area (Å²) in [6.07, 6.45) is 5.02. The number of rotatable bonds is 6. The van der Waals surface area contributed by atoms with Gasteiger partial charge in [-0.1, -0.05) is 19.9 Å². The molecular formula is C20H24N4O. The maximum atomic E-state index is 13.0. The van der Waals surface area contributed by atoms with Crippen molar-refractivity contribution in [3.63, 3.8) is 0 Å². The van der Waals surface area contributed by atoms with Crippen LogP contribution in [-0.4, -0.2) is 32.0 Å². The van der Waals surface area contributed by atoms with Crippen LogP contribution in [0.4, 0.5) is 0 Å². The van der Waals surface area contributed by atoms with Crippen LogP contribution in [0.3, 0.4) is 0 Å². The first kappa shape index (κ1) is 15.9. The predicted octanol–water partition coefficient (Wildman–Crippen LogP) is 3.89. The van der Waals surface area contributed by atoms with E-state index in [0.29, 0.717) is 24.2 Å². The third-order valence-electron chi connectivity index (χ3n) is 4.70. The van der Waals surface area contributed by atoms with Crippen LogP contribution in [0.15, 0.2) is 36.5 Å². The van der Waals surface area contributed by atoms with Gasteiger partial charge in [-0.05, 0) is 60.4 Å². The molecule has 25 heavy (non-hydrogen) atoms. The number of aromatic amines is 2. The molecule has 2 aromatic heterocycles. The Bertz CT molecular complexity index is 888. The molecule has 0 bridgehead atoms. The van der Waals surface area contributed by atoms with Gasteiger partial charge in [0.2, 0.25) is 0 Å². The van der Waals surface area contributed by atoms with Gasteiger partial charge in [0.05, 0.1) is 0 Å². The van der Waals surface area contributed by atoms with Gasteiger partial charge >= 0.3 is 0 Å². The van der Waals surface area contributed by atoms with E-state index < -0.39 is 0 Å². The van der Waals surface area contributed by atoms with Crippen LogP contribution in [0, 0.1) is 5.92 Å². The van der Waals surface area contributed by atoms with Gasteiger partial charge in [-0.25, -0.2) is 0 Å². The van der Waals surface area contributed by atoms with Crippen LogP contribution in [0.1, 0.15) is 48.4 Å². The van der Waals surface area contributed by atoms with Crippen molar-refractivity contribution in [2.75, 3.05) is 0 Å². The lowest BCUT2D eigenvalue weighted by Gasteiger charge is -2.21. The summed E-state index contributed by atoms with van der Waals surface area (Å²) in [5.74, 6) is 0.568. The number of hydrogen-bond donors (Lipinski definition) is 2. The summed E-state index contributed by atoms with van der Waals surface area (Å²) in [4.78, 5) is 18.2. The first-order valence-corrected chi connectivity index (χ1v) is 9.01. The molecule has 2 N–H and O–H groups in total. The van der Waals surface area contributed by atoms with E-state index in [9.17, 15) is 4.79 Å². The first-order valence-electron chi connectivity index (χ1n) is 9.01. The van der Waals surface area contributed by atoms with Crippen LogP contribution in [0.5, 0.6) is 0 Å². The minimum Gasteiger partial charge on any atom is -0.361 e. The summed E-state index contributed by atoms with van der Waals surface area (Å²) in [6, 6.07) is 10.6. The molecule has 5 heteroatoms. The number of carbonyl (C=O) groups is 1. The lowest BCUT2D eigenvalue weighted by Crippen LogP contribution is -2.32. The van der Waals surface area contributed by atoms with Crippen molar-refractivity contribution in [1.82, 2.24) is 20.1 Å². The molecule has 0 aliphatic heterocycles. The average Bonchev–Trinajstić information content (AvgIpc) is 3.13. The number of aromatic nitrogens is 3. The Labute approximate surface area is 147 Å². The van der Waals surface area contributed by atoms with Crippen LogP contribution < -0.4 is 0 Å². The quantitative estimate of drug-likeness (QED) is 0.717. The molecule has 2 heterocycles. The second-order valence-corrected chi connectivity index (χ2v) is 7.44. The van der Waals surface area contributed by atoms with Gasteiger partial charge in [-0.3, -0.25) is 9.89 Å². The molecule has 1 aliphatic rings. The second kappa shape index (κ2) is 6.39. The molecular weight excluding hydrogens is 312 g/mol. The molecule has 1 fully saturated rings. The van der Waals surface area contributed by atoms with Gasteiger partial charge in [0.25, 0.3) is 5.91 Å². The first-order chi connectivity index (χ1) is 12.1. The van der Waals surface area contributed by atoms with Crippen LogP contribution >= 0.6 is 0 Å². The Morgan fingerprint density at radius 2 is 2.12 bits per heavy atom. The lowest BCUT2D eigenvalue weighted by atomic mass is 10.1.